The first-order valence-electron chi connectivity index (χ1n) is 5.72. The molecule has 0 aromatic carbocycles. The van der Waals surface area contributed by atoms with E-state index in [0.717, 1.165) is 23.5 Å². The number of hydrogen-bond acceptors (Lipinski definition) is 4. The second-order valence-electron chi connectivity index (χ2n) is 4.31. The summed E-state index contributed by atoms with van der Waals surface area (Å²) >= 11 is 1.13. The largest absolute Gasteiger partial charge is 0.355 e. The summed E-state index contributed by atoms with van der Waals surface area (Å²) in [6, 6.07) is 0. The molecular formula is C11H19N3O2S. The fourth-order valence-corrected chi connectivity index (χ4v) is 1.86. The third kappa shape index (κ3) is 6.23. The van der Waals surface area contributed by atoms with E-state index in [2.05, 4.69) is 29.5 Å². The summed E-state index contributed by atoms with van der Waals surface area (Å²) in [5.74, 6) is 0.586. The topological polar surface area (TPSA) is 74.0 Å². The second-order valence-corrected chi connectivity index (χ2v) is 5.15. The number of aromatic nitrogens is 1. The van der Waals surface area contributed by atoms with Gasteiger partial charge in [0, 0.05) is 24.2 Å². The Morgan fingerprint density at radius 3 is 2.88 bits per heavy atom. The Labute approximate surface area is 105 Å². The van der Waals surface area contributed by atoms with Gasteiger partial charge in [-0.15, -0.1) is 0 Å². The van der Waals surface area contributed by atoms with Crippen LogP contribution in [0.5, 0.6) is 0 Å². The zero-order valence-electron chi connectivity index (χ0n) is 10.2. The predicted molar refractivity (Wildman–Crippen MR) is 69.1 cm³/mol. The third-order valence-corrected chi connectivity index (χ3v) is 2.93. The molecule has 1 aromatic rings. The Bertz CT molecular complexity index is 397. The minimum Gasteiger partial charge on any atom is -0.355 e. The molecule has 0 saturated carbocycles. The van der Waals surface area contributed by atoms with E-state index >= 15 is 0 Å². The lowest BCUT2D eigenvalue weighted by Gasteiger charge is -2.07. The highest BCUT2D eigenvalue weighted by molar-refractivity contribution is 7.07. The van der Waals surface area contributed by atoms with E-state index < -0.39 is 0 Å². The van der Waals surface area contributed by atoms with E-state index in [-0.39, 0.29) is 17.3 Å². The van der Waals surface area contributed by atoms with E-state index in [4.69, 9.17) is 0 Å². The minimum atomic E-state index is -0.0665. The van der Waals surface area contributed by atoms with Crippen molar-refractivity contribution in [2.24, 2.45) is 5.92 Å². The van der Waals surface area contributed by atoms with Crippen molar-refractivity contribution in [1.29, 1.82) is 0 Å². The van der Waals surface area contributed by atoms with Crippen LogP contribution in [0.4, 0.5) is 0 Å². The number of amides is 1. The standard InChI is InChI=1S/C11H19N3O2S/c1-8(2)3-4-13-10(15)6-12-5-9-7-17-11(16)14-9/h7-8,12H,3-6H2,1-2H3,(H,13,15)(H,14,16). The molecule has 5 nitrogen and oxygen atoms in total. The predicted octanol–water partition coefficient (Wildman–Crippen LogP) is 0.688. The van der Waals surface area contributed by atoms with Crippen molar-refractivity contribution in [2.75, 3.05) is 13.1 Å². The zero-order valence-corrected chi connectivity index (χ0v) is 11.0. The SMILES string of the molecule is CC(C)CCNC(=O)CNCc1csc(=O)[nH]1. The van der Waals surface area contributed by atoms with Gasteiger partial charge in [-0.2, -0.15) is 0 Å². The van der Waals surface area contributed by atoms with Crippen molar-refractivity contribution in [3.8, 4) is 0 Å². The minimum absolute atomic E-state index is 0.0109. The van der Waals surface area contributed by atoms with E-state index in [1.54, 1.807) is 5.38 Å². The number of thiazole rings is 1. The van der Waals surface area contributed by atoms with Crippen LogP contribution in [-0.2, 0) is 11.3 Å². The van der Waals surface area contributed by atoms with E-state index in [9.17, 15) is 9.59 Å². The number of rotatable bonds is 7. The van der Waals surface area contributed by atoms with Crippen molar-refractivity contribution >= 4 is 17.2 Å². The summed E-state index contributed by atoms with van der Waals surface area (Å²) in [5.41, 5.74) is 0.815. The number of carbonyl (C=O) groups is 1. The molecule has 0 atom stereocenters. The van der Waals surface area contributed by atoms with Crippen molar-refractivity contribution in [3.05, 3.63) is 20.7 Å². The average molecular weight is 257 g/mol. The smallest absolute Gasteiger partial charge is 0.304 e. The highest BCUT2D eigenvalue weighted by atomic mass is 32.1. The van der Waals surface area contributed by atoms with Gasteiger partial charge in [-0.25, -0.2) is 0 Å². The van der Waals surface area contributed by atoms with Crippen molar-refractivity contribution in [2.45, 2.75) is 26.8 Å². The molecule has 0 fully saturated rings. The molecule has 0 unspecified atom stereocenters. The van der Waals surface area contributed by atoms with Crippen LogP contribution >= 0.6 is 11.3 Å². The molecule has 0 aliphatic heterocycles. The number of H-pyrrole nitrogens is 1. The maximum Gasteiger partial charge on any atom is 0.304 e. The highest BCUT2D eigenvalue weighted by Gasteiger charge is 2.02. The molecular weight excluding hydrogens is 238 g/mol. The van der Waals surface area contributed by atoms with Gasteiger partial charge in [-0.1, -0.05) is 25.2 Å². The van der Waals surface area contributed by atoms with Crippen LogP contribution in [0.1, 0.15) is 26.0 Å². The number of aromatic amines is 1. The van der Waals surface area contributed by atoms with E-state index in [1.165, 1.54) is 0 Å². The first-order chi connectivity index (χ1) is 8.08. The average Bonchev–Trinajstić information content (AvgIpc) is 2.63. The summed E-state index contributed by atoms with van der Waals surface area (Å²) in [7, 11) is 0. The fourth-order valence-electron chi connectivity index (χ4n) is 1.27. The molecule has 1 rings (SSSR count). The molecule has 17 heavy (non-hydrogen) atoms. The summed E-state index contributed by atoms with van der Waals surface area (Å²) in [6.45, 7) is 5.74. The van der Waals surface area contributed by atoms with Gasteiger partial charge < -0.3 is 15.6 Å². The van der Waals surface area contributed by atoms with Crippen LogP contribution in [0, 0.1) is 5.92 Å². The first kappa shape index (κ1) is 13.9. The Hall–Kier alpha value is -1.14. The summed E-state index contributed by atoms with van der Waals surface area (Å²) in [4.78, 5) is 24.8. The van der Waals surface area contributed by atoms with Crippen LogP contribution in [0.15, 0.2) is 10.2 Å². The lowest BCUT2D eigenvalue weighted by Crippen LogP contribution is -2.34. The van der Waals surface area contributed by atoms with Gasteiger partial charge in [0.2, 0.25) is 5.91 Å². The lowest BCUT2D eigenvalue weighted by atomic mass is 10.1. The number of carbonyl (C=O) groups excluding carboxylic acids is 1. The molecule has 0 bridgehead atoms. The lowest BCUT2D eigenvalue weighted by molar-refractivity contribution is -0.120. The van der Waals surface area contributed by atoms with Crippen molar-refractivity contribution < 1.29 is 4.79 Å². The summed E-state index contributed by atoms with van der Waals surface area (Å²) in [6.07, 6.45) is 0.990. The molecule has 0 aliphatic carbocycles. The first-order valence-corrected chi connectivity index (χ1v) is 6.60. The molecule has 96 valence electrons. The Morgan fingerprint density at radius 2 is 2.29 bits per heavy atom. The molecule has 1 amide bonds. The van der Waals surface area contributed by atoms with E-state index in [0.29, 0.717) is 19.0 Å². The monoisotopic (exact) mass is 257 g/mol. The van der Waals surface area contributed by atoms with Crippen molar-refractivity contribution in [3.63, 3.8) is 0 Å². The highest BCUT2D eigenvalue weighted by Crippen LogP contribution is 1.96. The van der Waals surface area contributed by atoms with Crippen LogP contribution in [0.3, 0.4) is 0 Å². The molecule has 6 heteroatoms. The molecule has 1 aromatic heterocycles. The van der Waals surface area contributed by atoms with E-state index in [1.807, 2.05) is 0 Å². The number of nitrogens with one attached hydrogen (secondary N) is 3. The summed E-state index contributed by atoms with van der Waals surface area (Å²) < 4.78 is 0. The van der Waals surface area contributed by atoms with Gasteiger partial charge in [-0.05, 0) is 12.3 Å². The Morgan fingerprint density at radius 1 is 1.53 bits per heavy atom. The molecule has 0 spiro atoms. The molecule has 0 aliphatic rings. The Kier molecular flexibility index (Phi) is 5.93. The normalized spacial score (nSPS) is 10.8. The van der Waals surface area contributed by atoms with Gasteiger partial charge in [-0.3, -0.25) is 9.59 Å². The fraction of sp³-hybridized carbons (Fsp3) is 0.636. The van der Waals surface area contributed by atoms with Gasteiger partial charge in [0.15, 0.2) is 0 Å². The number of hydrogen-bond donors (Lipinski definition) is 3. The van der Waals surface area contributed by atoms with Gasteiger partial charge in [0.05, 0.1) is 6.54 Å². The Balaban J connectivity index is 2.10. The van der Waals surface area contributed by atoms with Crippen LogP contribution < -0.4 is 15.5 Å². The van der Waals surface area contributed by atoms with Gasteiger partial charge in [0.1, 0.15) is 0 Å². The molecule has 0 radical (unpaired) electrons. The maximum atomic E-state index is 11.4. The maximum absolute atomic E-state index is 11.4. The quantitative estimate of drug-likeness (QED) is 0.673. The van der Waals surface area contributed by atoms with Gasteiger partial charge >= 0.3 is 4.87 Å². The third-order valence-electron chi connectivity index (χ3n) is 2.22. The molecule has 0 saturated heterocycles. The second kappa shape index (κ2) is 7.24. The molecule has 1 heterocycles. The van der Waals surface area contributed by atoms with Crippen LogP contribution in [-0.4, -0.2) is 24.0 Å². The zero-order chi connectivity index (χ0) is 12.7. The molecule has 3 N–H and O–H groups in total. The van der Waals surface area contributed by atoms with Gasteiger partial charge in [0.25, 0.3) is 0 Å². The van der Waals surface area contributed by atoms with Crippen molar-refractivity contribution in [1.82, 2.24) is 15.6 Å². The van der Waals surface area contributed by atoms with Crippen LogP contribution in [0.2, 0.25) is 0 Å². The summed E-state index contributed by atoms with van der Waals surface area (Å²) in [5, 5.41) is 7.57. The van der Waals surface area contributed by atoms with Crippen LogP contribution in [0.25, 0.3) is 0 Å².